The third-order valence-corrected chi connectivity index (χ3v) is 6.40. The number of halogens is 2. The Bertz CT molecular complexity index is 864. The normalized spacial score (nSPS) is 11.6. The number of sulfonamides is 1. The van der Waals surface area contributed by atoms with Crippen molar-refractivity contribution in [3.63, 3.8) is 0 Å². The van der Waals surface area contributed by atoms with E-state index in [1.165, 1.54) is 22.5 Å². The zero-order valence-corrected chi connectivity index (χ0v) is 16.1. The molecule has 0 aromatic heterocycles. The van der Waals surface area contributed by atoms with Gasteiger partial charge in [-0.05, 0) is 42.5 Å². The van der Waals surface area contributed by atoms with E-state index in [4.69, 9.17) is 23.2 Å². The lowest BCUT2D eigenvalue weighted by molar-refractivity contribution is 0.102. The van der Waals surface area contributed by atoms with Crippen LogP contribution in [-0.4, -0.2) is 31.7 Å². The van der Waals surface area contributed by atoms with Crippen molar-refractivity contribution < 1.29 is 13.2 Å². The molecular weight excluding hydrogens is 383 g/mol. The Morgan fingerprint density at radius 1 is 1.04 bits per heavy atom. The number of nitrogens with zero attached hydrogens (tertiary/aromatic N) is 1. The molecule has 0 heterocycles. The highest BCUT2D eigenvalue weighted by molar-refractivity contribution is 7.89. The number of amides is 1. The van der Waals surface area contributed by atoms with E-state index in [9.17, 15) is 13.2 Å². The maximum absolute atomic E-state index is 12.7. The smallest absolute Gasteiger partial charge is 0.255 e. The van der Waals surface area contributed by atoms with Crippen molar-refractivity contribution in [1.82, 2.24) is 4.31 Å². The number of nitrogens with one attached hydrogen (secondary N) is 1. The molecule has 0 fully saturated rings. The van der Waals surface area contributed by atoms with Gasteiger partial charge in [-0.15, -0.1) is 0 Å². The number of anilines is 1. The Hall–Kier alpha value is -1.60. The molecule has 0 atom stereocenters. The van der Waals surface area contributed by atoms with Gasteiger partial charge in [0.25, 0.3) is 5.91 Å². The summed E-state index contributed by atoms with van der Waals surface area (Å²) in [5.41, 5.74) is 0.752. The van der Waals surface area contributed by atoms with Crippen LogP contribution in [0.2, 0.25) is 10.0 Å². The quantitative estimate of drug-likeness (QED) is 0.786. The average molecular weight is 401 g/mol. The van der Waals surface area contributed by atoms with Crippen LogP contribution in [-0.2, 0) is 10.0 Å². The molecule has 134 valence electrons. The molecule has 0 saturated heterocycles. The fourth-order valence-electron chi connectivity index (χ4n) is 2.28. The molecule has 0 bridgehead atoms. The Morgan fingerprint density at radius 3 is 2.20 bits per heavy atom. The van der Waals surface area contributed by atoms with Gasteiger partial charge >= 0.3 is 0 Å². The van der Waals surface area contributed by atoms with Gasteiger partial charge in [0.15, 0.2) is 0 Å². The summed E-state index contributed by atoms with van der Waals surface area (Å²) in [6, 6.07) is 10.8. The third-order valence-electron chi connectivity index (χ3n) is 3.62. The number of rotatable bonds is 6. The minimum atomic E-state index is -3.76. The summed E-state index contributed by atoms with van der Waals surface area (Å²) in [4.78, 5) is 12.3. The van der Waals surface area contributed by atoms with E-state index in [-0.39, 0.29) is 15.5 Å². The average Bonchev–Trinajstić information content (AvgIpc) is 2.58. The Labute approximate surface area is 157 Å². The molecule has 0 radical (unpaired) electrons. The first-order chi connectivity index (χ1) is 11.8. The van der Waals surface area contributed by atoms with Gasteiger partial charge in [-0.2, -0.15) is 4.31 Å². The SMILES string of the molecule is CCN(CC)S(=O)(=O)c1cc(C(=O)Nc2ccc(Cl)cc2)ccc1Cl. The zero-order chi connectivity index (χ0) is 18.6. The highest BCUT2D eigenvalue weighted by Crippen LogP contribution is 2.26. The van der Waals surface area contributed by atoms with Gasteiger partial charge in [0, 0.05) is 29.4 Å². The van der Waals surface area contributed by atoms with E-state index < -0.39 is 15.9 Å². The monoisotopic (exact) mass is 400 g/mol. The fourth-order valence-corrected chi connectivity index (χ4v) is 4.37. The predicted octanol–water partition coefficient (Wildman–Crippen LogP) is 4.28. The van der Waals surface area contributed by atoms with Crippen LogP contribution >= 0.6 is 23.2 Å². The van der Waals surface area contributed by atoms with E-state index in [0.717, 1.165) is 0 Å². The largest absolute Gasteiger partial charge is 0.322 e. The molecule has 1 N–H and O–H groups in total. The standard InChI is InChI=1S/C17H18Cl2N2O3S/c1-3-21(4-2)25(23,24)16-11-12(5-10-15(16)19)17(22)20-14-8-6-13(18)7-9-14/h5-11H,3-4H2,1-2H3,(H,20,22). The number of carbonyl (C=O) groups excluding carboxylic acids is 1. The molecular formula is C17H18Cl2N2O3S. The highest BCUT2D eigenvalue weighted by Gasteiger charge is 2.25. The fraction of sp³-hybridized carbons (Fsp3) is 0.235. The van der Waals surface area contributed by atoms with Crippen LogP contribution in [0.15, 0.2) is 47.4 Å². The number of hydrogen-bond donors (Lipinski definition) is 1. The summed E-state index contributed by atoms with van der Waals surface area (Å²) < 4.78 is 26.6. The van der Waals surface area contributed by atoms with Crippen molar-refractivity contribution in [3.8, 4) is 0 Å². The van der Waals surface area contributed by atoms with E-state index in [1.54, 1.807) is 38.1 Å². The highest BCUT2D eigenvalue weighted by atomic mass is 35.5. The van der Waals surface area contributed by atoms with Crippen LogP contribution in [0, 0.1) is 0 Å². The molecule has 0 aliphatic carbocycles. The topological polar surface area (TPSA) is 66.5 Å². The molecule has 2 rings (SSSR count). The number of hydrogen-bond acceptors (Lipinski definition) is 3. The van der Waals surface area contributed by atoms with Crippen LogP contribution < -0.4 is 5.32 Å². The Balaban J connectivity index is 2.35. The van der Waals surface area contributed by atoms with Crippen molar-refractivity contribution in [1.29, 1.82) is 0 Å². The predicted molar refractivity (Wildman–Crippen MR) is 101 cm³/mol. The van der Waals surface area contributed by atoms with E-state index >= 15 is 0 Å². The van der Waals surface area contributed by atoms with Crippen molar-refractivity contribution in [2.75, 3.05) is 18.4 Å². The van der Waals surface area contributed by atoms with Crippen LogP contribution in [0.5, 0.6) is 0 Å². The van der Waals surface area contributed by atoms with Crippen molar-refractivity contribution >= 4 is 44.8 Å². The molecule has 0 unspecified atom stereocenters. The molecule has 25 heavy (non-hydrogen) atoms. The van der Waals surface area contributed by atoms with Crippen LogP contribution in [0.4, 0.5) is 5.69 Å². The zero-order valence-electron chi connectivity index (χ0n) is 13.8. The second kappa shape index (κ2) is 8.19. The Morgan fingerprint density at radius 2 is 1.64 bits per heavy atom. The maximum atomic E-state index is 12.7. The first-order valence-corrected chi connectivity index (χ1v) is 9.85. The van der Waals surface area contributed by atoms with Crippen molar-refractivity contribution in [3.05, 3.63) is 58.1 Å². The van der Waals surface area contributed by atoms with E-state index in [2.05, 4.69) is 5.32 Å². The van der Waals surface area contributed by atoms with Gasteiger partial charge in [-0.1, -0.05) is 37.0 Å². The molecule has 0 aliphatic rings. The molecule has 0 aliphatic heterocycles. The summed E-state index contributed by atoms with van der Waals surface area (Å²) in [5, 5.41) is 3.32. The van der Waals surface area contributed by atoms with Gasteiger partial charge in [-0.3, -0.25) is 4.79 Å². The second-order valence-electron chi connectivity index (χ2n) is 5.20. The van der Waals surface area contributed by atoms with Gasteiger partial charge in [0.2, 0.25) is 10.0 Å². The lowest BCUT2D eigenvalue weighted by atomic mass is 10.2. The summed E-state index contributed by atoms with van der Waals surface area (Å²) in [5.74, 6) is -0.435. The molecule has 2 aromatic carbocycles. The summed E-state index contributed by atoms with van der Waals surface area (Å²) >= 11 is 11.9. The summed E-state index contributed by atoms with van der Waals surface area (Å²) in [6.07, 6.45) is 0. The Kier molecular flexibility index (Phi) is 6.46. The maximum Gasteiger partial charge on any atom is 0.255 e. The van der Waals surface area contributed by atoms with Crippen molar-refractivity contribution in [2.24, 2.45) is 0 Å². The minimum Gasteiger partial charge on any atom is -0.322 e. The number of benzene rings is 2. The van der Waals surface area contributed by atoms with Crippen molar-refractivity contribution in [2.45, 2.75) is 18.7 Å². The first kappa shape index (κ1) is 19.7. The van der Waals surface area contributed by atoms with E-state index in [0.29, 0.717) is 23.8 Å². The van der Waals surface area contributed by atoms with Gasteiger partial charge in [0.05, 0.1) is 5.02 Å². The summed E-state index contributed by atoms with van der Waals surface area (Å²) in [6.45, 7) is 4.12. The van der Waals surface area contributed by atoms with Gasteiger partial charge in [0.1, 0.15) is 4.90 Å². The molecule has 5 nitrogen and oxygen atoms in total. The molecule has 1 amide bonds. The molecule has 8 heteroatoms. The van der Waals surface area contributed by atoms with Crippen LogP contribution in [0.1, 0.15) is 24.2 Å². The summed E-state index contributed by atoms with van der Waals surface area (Å²) in [7, 11) is -3.76. The van der Waals surface area contributed by atoms with Crippen LogP contribution in [0.25, 0.3) is 0 Å². The molecule has 0 saturated carbocycles. The van der Waals surface area contributed by atoms with Gasteiger partial charge in [-0.25, -0.2) is 8.42 Å². The minimum absolute atomic E-state index is 0.0787. The third kappa shape index (κ3) is 4.52. The lowest BCUT2D eigenvalue weighted by Gasteiger charge is -2.19. The number of carbonyl (C=O) groups is 1. The first-order valence-electron chi connectivity index (χ1n) is 7.66. The van der Waals surface area contributed by atoms with Crippen LogP contribution in [0.3, 0.4) is 0 Å². The lowest BCUT2D eigenvalue weighted by Crippen LogP contribution is -2.31. The van der Waals surface area contributed by atoms with Gasteiger partial charge < -0.3 is 5.32 Å². The molecule has 0 spiro atoms. The second-order valence-corrected chi connectivity index (χ2v) is 7.95. The molecule has 2 aromatic rings. The van der Waals surface area contributed by atoms with E-state index in [1.807, 2.05) is 0 Å².